The molecule has 0 unspecified atom stereocenters. The summed E-state index contributed by atoms with van der Waals surface area (Å²) in [7, 11) is 0. The van der Waals surface area contributed by atoms with Gasteiger partial charge in [-0.05, 0) is 12.8 Å². The van der Waals surface area contributed by atoms with Crippen molar-refractivity contribution in [2.24, 2.45) is 11.5 Å². The van der Waals surface area contributed by atoms with E-state index in [9.17, 15) is 9.59 Å². The van der Waals surface area contributed by atoms with Gasteiger partial charge in [-0.1, -0.05) is 0 Å². The van der Waals surface area contributed by atoms with Crippen LogP contribution in [0.4, 0.5) is 0 Å². The molecule has 0 aromatic heterocycles. The van der Waals surface area contributed by atoms with Crippen LogP contribution in [0, 0.1) is 0 Å². The van der Waals surface area contributed by atoms with E-state index in [1.807, 2.05) is 0 Å². The monoisotopic (exact) mass is 201 g/mol. The van der Waals surface area contributed by atoms with Crippen LogP contribution < -0.4 is 11.5 Å². The summed E-state index contributed by atoms with van der Waals surface area (Å²) in [5, 5.41) is 1.26. The Morgan fingerprint density at radius 1 is 1.50 bits per heavy atom. The molecule has 1 aliphatic heterocycles. The van der Waals surface area contributed by atoms with E-state index < -0.39 is 11.9 Å². The van der Waals surface area contributed by atoms with Crippen LogP contribution in [0.5, 0.6) is 0 Å². The Kier molecular flexibility index (Phi) is 3.84. The first-order chi connectivity index (χ1) is 6.61. The number of carbonyl (C=O) groups excluding carboxylic acids is 2. The maximum absolute atomic E-state index is 11.5. The van der Waals surface area contributed by atoms with Crippen LogP contribution in [-0.2, 0) is 14.4 Å². The normalized spacial score (nSPS) is 18.2. The van der Waals surface area contributed by atoms with Crippen LogP contribution >= 0.6 is 0 Å². The quantitative estimate of drug-likeness (QED) is 0.593. The minimum atomic E-state index is -0.694. The second-order valence-corrected chi connectivity index (χ2v) is 3.24. The highest BCUT2D eigenvalue weighted by Crippen LogP contribution is 2.07. The van der Waals surface area contributed by atoms with Gasteiger partial charge < -0.3 is 11.5 Å². The number of amides is 2. The van der Waals surface area contributed by atoms with Crippen molar-refractivity contribution in [1.82, 2.24) is 5.06 Å². The number of primary amides is 1. The third-order valence-corrected chi connectivity index (χ3v) is 2.02. The van der Waals surface area contributed by atoms with Gasteiger partial charge in [0.05, 0.1) is 19.2 Å². The predicted molar refractivity (Wildman–Crippen MR) is 48.7 cm³/mol. The maximum Gasteiger partial charge on any atom is 0.263 e. The molecule has 1 heterocycles. The average molecular weight is 201 g/mol. The van der Waals surface area contributed by atoms with Crippen LogP contribution in [0.25, 0.3) is 0 Å². The van der Waals surface area contributed by atoms with Crippen molar-refractivity contribution in [2.45, 2.75) is 25.3 Å². The number of hydrogen-bond donors (Lipinski definition) is 2. The molecule has 0 radical (unpaired) electrons. The summed E-state index contributed by atoms with van der Waals surface area (Å²) < 4.78 is 0. The summed E-state index contributed by atoms with van der Waals surface area (Å²) in [5.74, 6) is -0.723. The van der Waals surface area contributed by atoms with Crippen molar-refractivity contribution in [3.8, 4) is 0 Å². The number of rotatable bonds is 4. The largest absolute Gasteiger partial charge is 0.370 e. The first-order valence-electron chi connectivity index (χ1n) is 4.59. The molecule has 1 aliphatic rings. The highest BCUT2D eigenvalue weighted by Gasteiger charge is 2.24. The molecule has 0 aliphatic carbocycles. The molecule has 2 amide bonds. The van der Waals surface area contributed by atoms with Crippen LogP contribution in [-0.4, -0.2) is 36.1 Å². The van der Waals surface area contributed by atoms with Gasteiger partial charge in [-0.15, -0.1) is 0 Å². The Hall–Kier alpha value is -1.14. The van der Waals surface area contributed by atoms with E-state index in [0.29, 0.717) is 13.2 Å². The lowest BCUT2D eigenvalue weighted by Gasteiger charge is -2.18. The average Bonchev–Trinajstić information content (AvgIpc) is 2.65. The third kappa shape index (κ3) is 2.97. The van der Waals surface area contributed by atoms with Crippen molar-refractivity contribution < 1.29 is 14.4 Å². The van der Waals surface area contributed by atoms with Crippen molar-refractivity contribution in [1.29, 1.82) is 0 Å². The SMILES string of the molecule is NC(=O)CC[C@H](N)C(=O)N1CCCO1. The first kappa shape index (κ1) is 10.9. The molecule has 0 saturated carbocycles. The Morgan fingerprint density at radius 3 is 2.71 bits per heavy atom. The van der Waals surface area contributed by atoms with Gasteiger partial charge in [-0.2, -0.15) is 0 Å². The number of hydrogen-bond acceptors (Lipinski definition) is 4. The van der Waals surface area contributed by atoms with Gasteiger partial charge in [-0.25, -0.2) is 5.06 Å². The predicted octanol–water partition coefficient (Wildman–Crippen LogP) is -1.26. The number of nitrogens with two attached hydrogens (primary N) is 2. The van der Waals surface area contributed by atoms with Crippen LogP contribution in [0.15, 0.2) is 0 Å². The molecule has 1 saturated heterocycles. The van der Waals surface area contributed by atoms with Gasteiger partial charge >= 0.3 is 0 Å². The zero-order valence-corrected chi connectivity index (χ0v) is 7.94. The highest BCUT2D eigenvalue weighted by atomic mass is 16.7. The topological polar surface area (TPSA) is 98.7 Å². The fourth-order valence-corrected chi connectivity index (χ4v) is 1.23. The number of hydroxylamine groups is 2. The zero-order valence-electron chi connectivity index (χ0n) is 7.94. The lowest BCUT2D eigenvalue weighted by Crippen LogP contribution is -2.42. The minimum absolute atomic E-state index is 0.126. The molecule has 0 aromatic carbocycles. The van der Waals surface area contributed by atoms with E-state index in [4.69, 9.17) is 16.3 Å². The van der Waals surface area contributed by atoms with E-state index in [2.05, 4.69) is 0 Å². The molecule has 1 fully saturated rings. The fraction of sp³-hybridized carbons (Fsp3) is 0.750. The van der Waals surface area contributed by atoms with Crippen LogP contribution in [0.3, 0.4) is 0 Å². The van der Waals surface area contributed by atoms with Crippen molar-refractivity contribution >= 4 is 11.8 Å². The van der Waals surface area contributed by atoms with E-state index >= 15 is 0 Å². The van der Waals surface area contributed by atoms with Gasteiger partial charge in [0.25, 0.3) is 5.91 Å². The molecule has 4 N–H and O–H groups in total. The standard InChI is InChI=1S/C8H15N3O3/c9-6(2-3-7(10)12)8(13)11-4-1-5-14-11/h6H,1-5,9H2,(H2,10,12)/t6-/m0/s1. The molecule has 1 atom stereocenters. The number of carbonyl (C=O) groups is 2. The van der Waals surface area contributed by atoms with Gasteiger partial charge in [0, 0.05) is 6.42 Å². The van der Waals surface area contributed by atoms with Crippen molar-refractivity contribution in [3.63, 3.8) is 0 Å². The lowest BCUT2D eigenvalue weighted by molar-refractivity contribution is -0.170. The smallest absolute Gasteiger partial charge is 0.263 e. The van der Waals surface area contributed by atoms with Crippen molar-refractivity contribution in [2.75, 3.05) is 13.2 Å². The van der Waals surface area contributed by atoms with E-state index in [-0.39, 0.29) is 18.7 Å². The molecule has 14 heavy (non-hydrogen) atoms. The maximum atomic E-state index is 11.5. The minimum Gasteiger partial charge on any atom is -0.370 e. The fourth-order valence-electron chi connectivity index (χ4n) is 1.23. The Bertz CT molecular complexity index is 226. The molecular weight excluding hydrogens is 186 g/mol. The van der Waals surface area contributed by atoms with Crippen LogP contribution in [0.2, 0.25) is 0 Å². The molecule has 0 bridgehead atoms. The Labute approximate surface area is 82.1 Å². The molecule has 0 spiro atoms. The second kappa shape index (κ2) is 4.92. The zero-order chi connectivity index (χ0) is 10.6. The summed E-state index contributed by atoms with van der Waals surface area (Å²) in [5.41, 5.74) is 10.5. The summed E-state index contributed by atoms with van der Waals surface area (Å²) in [6.07, 6.45) is 1.23. The summed E-state index contributed by atoms with van der Waals surface area (Å²) in [6, 6.07) is -0.694. The lowest BCUT2D eigenvalue weighted by atomic mass is 10.1. The Balaban J connectivity index is 2.31. The Morgan fingerprint density at radius 2 is 2.21 bits per heavy atom. The first-order valence-corrected chi connectivity index (χ1v) is 4.59. The second-order valence-electron chi connectivity index (χ2n) is 3.24. The van der Waals surface area contributed by atoms with E-state index in [0.717, 1.165) is 6.42 Å². The molecule has 0 aromatic rings. The molecule has 6 heteroatoms. The third-order valence-electron chi connectivity index (χ3n) is 2.02. The van der Waals surface area contributed by atoms with Gasteiger partial charge in [0.15, 0.2) is 0 Å². The van der Waals surface area contributed by atoms with Gasteiger partial charge in [-0.3, -0.25) is 14.4 Å². The van der Waals surface area contributed by atoms with Crippen LogP contribution in [0.1, 0.15) is 19.3 Å². The summed E-state index contributed by atoms with van der Waals surface area (Å²) >= 11 is 0. The molecule has 1 rings (SSSR count). The van der Waals surface area contributed by atoms with E-state index in [1.165, 1.54) is 5.06 Å². The summed E-state index contributed by atoms with van der Waals surface area (Å²) in [6.45, 7) is 1.12. The summed E-state index contributed by atoms with van der Waals surface area (Å²) in [4.78, 5) is 27.0. The molecular formula is C8H15N3O3. The number of nitrogens with zero attached hydrogens (tertiary/aromatic N) is 1. The van der Waals surface area contributed by atoms with E-state index in [1.54, 1.807) is 0 Å². The highest BCUT2D eigenvalue weighted by molar-refractivity contribution is 5.82. The molecule has 6 nitrogen and oxygen atoms in total. The molecule has 80 valence electrons. The van der Waals surface area contributed by atoms with Gasteiger partial charge in [0.1, 0.15) is 0 Å². The van der Waals surface area contributed by atoms with Gasteiger partial charge in [0.2, 0.25) is 5.91 Å². The van der Waals surface area contributed by atoms with Crippen molar-refractivity contribution in [3.05, 3.63) is 0 Å².